The number of alkyl halides is 2. The summed E-state index contributed by atoms with van der Waals surface area (Å²) in [5.74, 6) is 0.762. The van der Waals surface area contributed by atoms with Crippen molar-refractivity contribution in [3.05, 3.63) is 17.5 Å². The molecule has 0 saturated heterocycles. The fourth-order valence-corrected chi connectivity index (χ4v) is 2.15. The van der Waals surface area contributed by atoms with Gasteiger partial charge >= 0.3 is 0 Å². The van der Waals surface area contributed by atoms with E-state index in [0.717, 1.165) is 12.1 Å². The molecule has 0 radical (unpaired) electrons. The molecule has 1 heterocycles. The predicted molar refractivity (Wildman–Crippen MR) is 74.6 cm³/mol. The van der Waals surface area contributed by atoms with Crippen LogP contribution in [-0.2, 0) is 13.0 Å². The van der Waals surface area contributed by atoms with Crippen molar-refractivity contribution >= 4 is 29.1 Å². The Balaban J connectivity index is 2.95. The molecule has 0 bridgehead atoms. The number of aryl methyl sites for hydroxylation is 2. The van der Waals surface area contributed by atoms with Gasteiger partial charge in [-0.25, -0.2) is 0 Å². The first-order valence-electron chi connectivity index (χ1n) is 6.15. The second-order valence-electron chi connectivity index (χ2n) is 3.86. The SMILES string of the molecule is CCc1cc(C(=O)N(CCCl)CCCl)n(CC)n1. The van der Waals surface area contributed by atoms with E-state index in [1.54, 1.807) is 9.58 Å². The number of nitrogens with zero attached hydrogens (tertiary/aromatic N) is 3. The number of aromatic nitrogens is 2. The normalized spacial score (nSPS) is 10.7. The Hall–Kier alpha value is -0.740. The molecule has 1 aromatic rings. The van der Waals surface area contributed by atoms with Crippen LogP contribution in [0, 0.1) is 0 Å². The van der Waals surface area contributed by atoms with Crippen LogP contribution in [0.5, 0.6) is 0 Å². The molecule has 0 unspecified atom stereocenters. The zero-order valence-electron chi connectivity index (χ0n) is 10.8. The molecule has 0 aliphatic rings. The highest BCUT2D eigenvalue weighted by atomic mass is 35.5. The van der Waals surface area contributed by atoms with E-state index in [4.69, 9.17) is 23.2 Å². The summed E-state index contributed by atoms with van der Waals surface area (Å²) in [6.45, 7) is 5.67. The molecule has 18 heavy (non-hydrogen) atoms. The molecule has 0 atom stereocenters. The third-order valence-corrected chi connectivity index (χ3v) is 3.05. The summed E-state index contributed by atoms with van der Waals surface area (Å²) in [6.07, 6.45) is 0.818. The molecule has 1 aromatic heterocycles. The van der Waals surface area contributed by atoms with Crippen LogP contribution in [0.4, 0.5) is 0 Å². The Labute approximate surface area is 118 Å². The van der Waals surface area contributed by atoms with Crippen molar-refractivity contribution in [2.75, 3.05) is 24.8 Å². The number of hydrogen-bond acceptors (Lipinski definition) is 2. The lowest BCUT2D eigenvalue weighted by Gasteiger charge is -2.20. The van der Waals surface area contributed by atoms with Gasteiger partial charge in [0.2, 0.25) is 0 Å². The largest absolute Gasteiger partial charge is 0.335 e. The second-order valence-corrected chi connectivity index (χ2v) is 4.62. The monoisotopic (exact) mass is 291 g/mol. The van der Waals surface area contributed by atoms with Crippen molar-refractivity contribution in [2.45, 2.75) is 26.8 Å². The quantitative estimate of drug-likeness (QED) is 0.724. The van der Waals surface area contributed by atoms with E-state index in [0.29, 0.717) is 37.1 Å². The number of hydrogen-bond donors (Lipinski definition) is 0. The predicted octanol–water partition coefficient (Wildman–Crippen LogP) is 2.39. The van der Waals surface area contributed by atoms with Crippen molar-refractivity contribution in [3.8, 4) is 0 Å². The van der Waals surface area contributed by atoms with Crippen LogP contribution >= 0.6 is 23.2 Å². The van der Waals surface area contributed by atoms with E-state index >= 15 is 0 Å². The molecule has 0 saturated carbocycles. The van der Waals surface area contributed by atoms with Gasteiger partial charge in [0, 0.05) is 31.4 Å². The summed E-state index contributed by atoms with van der Waals surface area (Å²) in [4.78, 5) is 14.1. The highest BCUT2D eigenvalue weighted by Crippen LogP contribution is 2.09. The van der Waals surface area contributed by atoms with E-state index < -0.39 is 0 Å². The molecule has 1 amide bonds. The summed E-state index contributed by atoms with van der Waals surface area (Å²) < 4.78 is 1.73. The number of halogens is 2. The minimum atomic E-state index is -0.0506. The minimum Gasteiger partial charge on any atom is -0.335 e. The van der Waals surface area contributed by atoms with Gasteiger partial charge in [-0.05, 0) is 19.4 Å². The summed E-state index contributed by atoms with van der Waals surface area (Å²) in [5, 5.41) is 4.37. The summed E-state index contributed by atoms with van der Waals surface area (Å²) in [5.41, 5.74) is 1.54. The van der Waals surface area contributed by atoms with Gasteiger partial charge < -0.3 is 4.90 Å². The van der Waals surface area contributed by atoms with E-state index in [-0.39, 0.29) is 5.91 Å². The molecule has 0 spiro atoms. The maximum atomic E-state index is 12.4. The summed E-state index contributed by atoms with van der Waals surface area (Å²) in [7, 11) is 0. The van der Waals surface area contributed by atoms with Gasteiger partial charge in [-0.2, -0.15) is 5.10 Å². The molecule has 0 aliphatic carbocycles. The molecule has 0 fully saturated rings. The Bertz CT molecular complexity index is 387. The maximum absolute atomic E-state index is 12.4. The van der Waals surface area contributed by atoms with Gasteiger partial charge in [0.15, 0.2) is 0 Å². The van der Waals surface area contributed by atoms with Crippen molar-refractivity contribution in [3.63, 3.8) is 0 Å². The van der Waals surface area contributed by atoms with Gasteiger partial charge in [0.05, 0.1) is 5.69 Å². The molecule has 102 valence electrons. The Morgan fingerprint density at radius 1 is 1.33 bits per heavy atom. The van der Waals surface area contributed by atoms with Gasteiger partial charge in [-0.1, -0.05) is 6.92 Å². The molecular formula is C12H19Cl2N3O. The number of amides is 1. The van der Waals surface area contributed by atoms with Crippen LogP contribution in [0.2, 0.25) is 0 Å². The second kappa shape index (κ2) is 7.64. The number of rotatable bonds is 7. The third-order valence-electron chi connectivity index (χ3n) is 2.71. The van der Waals surface area contributed by atoms with E-state index in [2.05, 4.69) is 5.10 Å². The average Bonchev–Trinajstić information content (AvgIpc) is 2.81. The first-order chi connectivity index (χ1) is 8.67. The lowest BCUT2D eigenvalue weighted by molar-refractivity contribution is 0.0762. The Morgan fingerprint density at radius 3 is 2.39 bits per heavy atom. The summed E-state index contributed by atoms with van der Waals surface area (Å²) in [6, 6.07) is 1.85. The fraction of sp³-hybridized carbons (Fsp3) is 0.667. The van der Waals surface area contributed by atoms with Crippen LogP contribution in [0.25, 0.3) is 0 Å². The van der Waals surface area contributed by atoms with E-state index in [1.165, 1.54) is 0 Å². The van der Waals surface area contributed by atoms with Gasteiger partial charge in [0.25, 0.3) is 5.91 Å². The molecule has 0 aromatic carbocycles. The van der Waals surface area contributed by atoms with Crippen molar-refractivity contribution < 1.29 is 4.79 Å². The van der Waals surface area contributed by atoms with Crippen LogP contribution in [0.3, 0.4) is 0 Å². The smallest absolute Gasteiger partial charge is 0.272 e. The molecule has 6 heteroatoms. The lowest BCUT2D eigenvalue weighted by Crippen LogP contribution is -2.35. The Morgan fingerprint density at radius 2 is 1.94 bits per heavy atom. The highest BCUT2D eigenvalue weighted by Gasteiger charge is 2.19. The first kappa shape index (κ1) is 15.3. The Kier molecular flexibility index (Phi) is 6.50. The van der Waals surface area contributed by atoms with Crippen molar-refractivity contribution in [1.82, 2.24) is 14.7 Å². The standard InChI is InChI=1S/C12H19Cl2N3O/c1-3-10-9-11(17(4-2)15-10)12(18)16(7-5-13)8-6-14/h9H,3-8H2,1-2H3. The third kappa shape index (κ3) is 3.62. The van der Waals surface area contributed by atoms with E-state index in [1.807, 2.05) is 19.9 Å². The fourth-order valence-electron chi connectivity index (χ4n) is 1.74. The zero-order valence-corrected chi connectivity index (χ0v) is 12.3. The topological polar surface area (TPSA) is 38.1 Å². The molecule has 4 nitrogen and oxygen atoms in total. The van der Waals surface area contributed by atoms with Crippen LogP contribution in [0.15, 0.2) is 6.07 Å². The molecule has 1 rings (SSSR count). The maximum Gasteiger partial charge on any atom is 0.272 e. The minimum absolute atomic E-state index is 0.0506. The first-order valence-corrected chi connectivity index (χ1v) is 7.22. The summed E-state index contributed by atoms with van der Waals surface area (Å²) >= 11 is 11.4. The van der Waals surface area contributed by atoms with Crippen molar-refractivity contribution in [2.24, 2.45) is 0 Å². The highest BCUT2D eigenvalue weighted by molar-refractivity contribution is 6.18. The van der Waals surface area contributed by atoms with Crippen LogP contribution in [-0.4, -0.2) is 45.4 Å². The van der Waals surface area contributed by atoms with Gasteiger partial charge in [-0.3, -0.25) is 9.48 Å². The van der Waals surface area contributed by atoms with Gasteiger partial charge in [-0.15, -0.1) is 23.2 Å². The van der Waals surface area contributed by atoms with Crippen LogP contribution < -0.4 is 0 Å². The van der Waals surface area contributed by atoms with E-state index in [9.17, 15) is 4.79 Å². The van der Waals surface area contributed by atoms with Crippen molar-refractivity contribution in [1.29, 1.82) is 0 Å². The zero-order chi connectivity index (χ0) is 13.5. The van der Waals surface area contributed by atoms with Crippen LogP contribution in [0.1, 0.15) is 30.0 Å². The molecular weight excluding hydrogens is 273 g/mol. The number of carbonyl (C=O) groups is 1. The molecule has 0 N–H and O–H groups in total. The van der Waals surface area contributed by atoms with Gasteiger partial charge in [0.1, 0.15) is 5.69 Å². The lowest BCUT2D eigenvalue weighted by atomic mass is 10.3. The molecule has 0 aliphatic heterocycles. The number of carbonyl (C=O) groups excluding carboxylic acids is 1. The average molecular weight is 292 g/mol.